The minimum Gasteiger partial charge on any atom is -0.470 e. The van der Waals surface area contributed by atoms with E-state index in [0.717, 1.165) is 5.69 Å². The summed E-state index contributed by atoms with van der Waals surface area (Å²) in [6.07, 6.45) is 2.87. The summed E-state index contributed by atoms with van der Waals surface area (Å²) < 4.78 is 13.0. The van der Waals surface area contributed by atoms with Gasteiger partial charge >= 0.3 is 0 Å². The number of pyridine rings is 1. The van der Waals surface area contributed by atoms with Crippen molar-refractivity contribution < 1.29 is 14.3 Å². The highest BCUT2D eigenvalue weighted by Crippen LogP contribution is 2.17. The second-order valence-corrected chi connectivity index (χ2v) is 5.65. The predicted octanol–water partition coefficient (Wildman–Crippen LogP) is 0.976. The van der Waals surface area contributed by atoms with Gasteiger partial charge < -0.3 is 14.4 Å². The van der Waals surface area contributed by atoms with Gasteiger partial charge in [-0.2, -0.15) is 10.4 Å². The third-order valence-electron chi connectivity index (χ3n) is 3.89. The molecule has 0 saturated heterocycles. The van der Waals surface area contributed by atoms with Crippen molar-refractivity contribution in [3.63, 3.8) is 0 Å². The van der Waals surface area contributed by atoms with Crippen molar-refractivity contribution in [2.75, 3.05) is 19.8 Å². The normalized spacial score (nSPS) is 16.6. The van der Waals surface area contributed by atoms with E-state index in [4.69, 9.17) is 14.7 Å². The number of nitriles is 1. The Kier molecular flexibility index (Phi) is 5.26. The maximum Gasteiger partial charge on any atom is 0.249 e. The van der Waals surface area contributed by atoms with E-state index in [9.17, 15) is 4.79 Å². The van der Waals surface area contributed by atoms with E-state index in [2.05, 4.69) is 10.1 Å². The SMILES string of the molecule is CCOCC(=O)N1Cc2ccnn2C[C@H](Oc2ccc(C#N)cn2)C1. The van der Waals surface area contributed by atoms with E-state index in [1.54, 1.807) is 23.2 Å². The number of ether oxygens (including phenoxy) is 2. The standard InChI is InChI=1S/C17H19N5O3/c1-2-24-12-17(23)21-9-14-5-6-20-22(14)11-15(10-21)25-16-4-3-13(7-18)8-19-16/h3-6,8,15H,2,9-12H2,1H3/t15-/m1/s1. The highest BCUT2D eigenvalue weighted by Gasteiger charge is 2.27. The van der Waals surface area contributed by atoms with Gasteiger partial charge in [-0.1, -0.05) is 0 Å². The van der Waals surface area contributed by atoms with Crippen LogP contribution in [0, 0.1) is 11.3 Å². The molecule has 3 rings (SSSR count). The van der Waals surface area contributed by atoms with Gasteiger partial charge in [-0.15, -0.1) is 0 Å². The molecule has 1 aliphatic rings. The maximum atomic E-state index is 12.4. The van der Waals surface area contributed by atoms with Crippen LogP contribution in [0.25, 0.3) is 0 Å². The molecule has 0 radical (unpaired) electrons. The molecule has 8 heteroatoms. The quantitative estimate of drug-likeness (QED) is 0.805. The average Bonchev–Trinajstić information content (AvgIpc) is 2.99. The molecule has 25 heavy (non-hydrogen) atoms. The van der Waals surface area contributed by atoms with Crippen LogP contribution < -0.4 is 4.74 Å². The molecule has 0 aliphatic carbocycles. The number of hydrogen-bond acceptors (Lipinski definition) is 6. The first-order valence-corrected chi connectivity index (χ1v) is 8.08. The first-order chi connectivity index (χ1) is 12.2. The number of amides is 1. The first-order valence-electron chi connectivity index (χ1n) is 8.08. The molecule has 3 heterocycles. The minimum absolute atomic E-state index is 0.0481. The second kappa shape index (κ2) is 7.77. The Morgan fingerprint density at radius 3 is 3.00 bits per heavy atom. The summed E-state index contributed by atoms with van der Waals surface area (Å²) in [6, 6.07) is 7.21. The highest BCUT2D eigenvalue weighted by molar-refractivity contribution is 5.77. The molecule has 0 N–H and O–H groups in total. The molecule has 130 valence electrons. The molecule has 1 aliphatic heterocycles. The average molecular weight is 341 g/mol. The molecular weight excluding hydrogens is 322 g/mol. The molecular formula is C17H19N5O3. The fraction of sp³-hybridized carbons (Fsp3) is 0.412. The Balaban J connectivity index is 1.75. The van der Waals surface area contributed by atoms with Crippen molar-refractivity contribution in [1.82, 2.24) is 19.7 Å². The van der Waals surface area contributed by atoms with E-state index in [1.165, 1.54) is 6.20 Å². The Labute approximate surface area is 145 Å². The molecule has 0 unspecified atom stereocenters. The molecule has 2 aromatic rings. The Bertz CT molecular complexity index is 765. The summed E-state index contributed by atoms with van der Waals surface area (Å²) >= 11 is 0. The summed E-state index contributed by atoms with van der Waals surface area (Å²) in [7, 11) is 0. The molecule has 0 fully saturated rings. The van der Waals surface area contributed by atoms with E-state index in [0.29, 0.717) is 37.7 Å². The van der Waals surface area contributed by atoms with Crippen LogP contribution in [0.3, 0.4) is 0 Å². The van der Waals surface area contributed by atoms with E-state index < -0.39 is 0 Å². The molecule has 0 aromatic carbocycles. The fourth-order valence-corrected chi connectivity index (χ4v) is 2.65. The minimum atomic E-state index is -0.299. The van der Waals surface area contributed by atoms with Crippen LogP contribution in [0.1, 0.15) is 18.2 Å². The fourth-order valence-electron chi connectivity index (χ4n) is 2.65. The molecule has 2 aromatic heterocycles. The van der Waals surface area contributed by atoms with Crippen molar-refractivity contribution in [3.05, 3.63) is 41.9 Å². The van der Waals surface area contributed by atoms with Crippen molar-refractivity contribution >= 4 is 5.91 Å². The van der Waals surface area contributed by atoms with Crippen LogP contribution in [0.4, 0.5) is 0 Å². The molecule has 1 atom stereocenters. The zero-order valence-electron chi connectivity index (χ0n) is 14.0. The molecule has 0 saturated carbocycles. The van der Waals surface area contributed by atoms with Gasteiger partial charge in [0.1, 0.15) is 18.8 Å². The summed E-state index contributed by atoms with van der Waals surface area (Å²) in [5.74, 6) is 0.328. The Hall–Kier alpha value is -2.92. The maximum absolute atomic E-state index is 12.4. The zero-order chi connectivity index (χ0) is 17.6. The van der Waals surface area contributed by atoms with Crippen LogP contribution >= 0.6 is 0 Å². The number of carbonyl (C=O) groups is 1. The highest BCUT2D eigenvalue weighted by atomic mass is 16.5. The summed E-state index contributed by atoms with van der Waals surface area (Å²) in [4.78, 5) is 18.2. The molecule has 0 bridgehead atoms. The van der Waals surface area contributed by atoms with Gasteiger partial charge in [-0.05, 0) is 19.1 Å². The predicted molar refractivity (Wildman–Crippen MR) is 87.5 cm³/mol. The Morgan fingerprint density at radius 2 is 2.28 bits per heavy atom. The van der Waals surface area contributed by atoms with Crippen molar-refractivity contribution in [2.45, 2.75) is 26.1 Å². The van der Waals surface area contributed by atoms with Crippen LogP contribution in [-0.4, -0.2) is 51.4 Å². The van der Waals surface area contributed by atoms with E-state index in [-0.39, 0.29) is 18.6 Å². The topological polar surface area (TPSA) is 93.3 Å². The van der Waals surface area contributed by atoms with Crippen LogP contribution in [0.2, 0.25) is 0 Å². The molecule has 1 amide bonds. The first kappa shape index (κ1) is 16.9. The number of nitrogens with zero attached hydrogens (tertiary/aromatic N) is 5. The van der Waals surface area contributed by atoms with Gasteiger partial charge in [-0.3, -0.25) is 9.48 Å². The number of hydrogen-bond donors (Lipinski definition) is 0. The van der Waals surface area contributed by atoms with Gasteiger partial charge in [0.15, 0.2) is 0 Å². The lowest BCUT2D eigenvalue weighted by Crippen LogP contribution is -2.40. The summed E-state index contributed by atoms with van der Waals surface area (Å²) in [5.41, 5.74) is 1.42. The number of rotatable bonds is 5. The van der Waals surface area contributed by atoms with Gasteiger partial charge in [0.05, 0.1) is 30.9 Å². The Morgan fingerprint density at radius 1 is 1.40 bits per heavy atom. The van der Waals surface area contributed by atoms with Crippen LogP contribution in [0.15, 0.2) is 30.6 Å². The summed E-state index contributed by atoms with van der Waals surface area (Å²) in [5, 5.41) is 13.1. The van der Waals surface area contributed by atoms with Gasteiger partial charge in [0, 0.05) is 25.1 Å². The zero-order valence-corrected chi connectivity index (χ0v) is 14.0. The smallest absolute Gasteiger partial charge is 0.249 e. The van der Waals surface area contributed by atoms with Crippen LogP contribution in [0.5, 0.6) is 5.88 Å². The lowest BCUT2D eigenvalue weighted by molar-refractivity contribution is -0.137. The number of carbonyl (C=O) groups excluding carboxylic acids is 1. The monoisotopic (exact) mass is 341 g/mol. The van der Waals surface area contributed by atoms with Crippen molar-refractivity contribution in [3.8, 4) is 11.9 Å². The molecule has 8 nitrogen and oxygen atoms in total. The number of fused-ring (bicyclic) bond motifs is 1. The van der Waals surface area contributed by atoms with Gasteiger partial charge in [0.25, 0.3) is 0 Å². The van der Waals surface area contributed by atoms with Crippen molar-refractivity contribution in [2.24, 2.45) is 0 Å². The van der Waals surface area contributed by atoms with E-state index >= 15 is 0 Å². The lowest BCUT2D eigenvalue weighted by atomic mass is 10.3. The third-order valence-corrected chi connectivity index (χ3v) is 3.89. The summed E-state index contributed by atoms with van der Waals surface area (Å²) in [6.45, 7) is 3.79. The second-order valence-electron chi connectivity index (χ2n) is 5.65. The molecule has 0 spiro atoms. The van der Waals surface area contributed by atoms with E-state index in [1.807, 2.05) is 23.7 Å². The third kappa shape index (κ3) is 4.14. The largest absolute Gasteiger partial charge is 0.470 e. The van der Waals surface area contributed by atoms with Gasteiger partial charge in [0.2, 0.25) is 11.8 Å². The van der Waals surface area contributed by atoms with Gasteiger partial charge in [-0.25, -0.2) is 4.98 Å². The van der Waals surface area contributed by atoms with Crippen LogP contribution in [-0.2, 0) is 22.6 Å². The lowest BCUT2D eigenvalue weighted by Gasteiger charge is -2.24. The van der Waals surface area contributed by atoms with Crippen molar-refractivity contribution in [1.29, 1.82) is 5.26 Å². The number of aromatic nitrogens is 3.